The molecule has 1 aromatic rings. The smallest absolute Gasteiger partial charge is 0.246 e. The highest BCUT2D eigenvalue weighted by Crippen LogP contribution is 2.15. The average molecular weight is 292 g/mol. The van der Waals surface area contributed by atoms with E-state index in [0.717, 1.165) is 5.56 Å². The molecule has 0 saturated carbocycles. The van der Waals surface area contributed by atoms with Crippen LogP contribution in [0.4, 0.5) is 0 Å². The summed E-state index contributed by atoms with van der Waals surface area (Å²) in [6.07, 6.45) is 0. The Kier molecular flexibility index (Phi) is 5.06. The first-order valence-electron chi connectivity index (χ1n) is 6.79. The van der Waals surface area contributed by atoms with Crippen LogP contribution < -0.4 is 5.32 Å². The van der Waals surface area contributed by atoms with Gasteiger partial charge in [0.1, 0.15) is 6.04 Å². The van der Waals surface area contributed by atoms with Crippen LogP contribution in [-0.2, 0) is 16.1 Å². The van der Waals surface area contributed by atoms with Crippen molar-refractivity contribution in [1.29, 1.82) is 0 Å². The lowest BCUT2D eigenvalue weighted by molar-refractivity contribution is -0.137. The maximum absolute atomic E-state index is 12.6. The number of rotatable bonds is 4. The molecule has 1 heterocycles. The van der Waals surface area contributed by atoms with Crippen molar-refractivity contribution in [2.75, 3.05) is 11.5 Å². The zero-order valence-electron chi connectivity index (χ0n) is 11.8. The van der Waals surface area contributed by atoms with Crippen molar-refractivity contribution in [3.63, 3.8) is 0 Å². The summed E-state index contributed by atoms with van der Waals surface area (Å²) in [5.41, 5.74) is 1.10. The predicted octanol–water partition coefficient (Wildman–Crippen LogP) is 1.66. The van der Waals surface area contributed by atoms with Gasteiger partial charge in [0, 0.05) is 18.3 Å². The number of nitrogens with one attached hydrogen (secondary N) is 1. The van der Waals surface area contributed by atoms with E-state index in [1.165, 1.54) is 11.8 Å². The van der Waals surface area contributed by atoms with Gasteiger partial charge in [0.2, 0.25) is 11.8 Å². The van der Waals surface area contributed by atoms with Crippen molar-refractivity contribution in [2.45, 2.75) is 32.5 Å². The molecule has 1 aliphatic heterocycles. The van der Waals surface area contributed by atoms with Crippen LogP contribution in [0.3, 0.4) is 0 Å². The van der Waals surface area contributed by atoms with Crippen molar-refractivity contribution in [3.05, 3.63) is 35.9 Å². The number of nitrogens with zero attached hydrogens (tertiary/aromatic N) is 1. The number of carbonyl (C=O) groups excluding carboxylic acids is 2. The van der Waals surface area contributed by atoms with E-state index in [1.807, 2.05) is 49.1 Å². The normalized spacial score (nSPS) is 18.8. The van der Waals surface area contributed by atoms with E-state index >= 15 is 0 Å². The second kappa shape index (κ2) is 6.79. The van der Waals surface area contributed by atoms with Gasteiger partial charge < -0.3 is 10.2 Å². The SMILES string of the molecule is CC(C)N(Cc1ccccc1)C(=O)C1CSCC(=O)N1. The van der Waals surface area contributed by atoms with Gasteiger partial charge in [0.25, 0.3) is 0 Å². The molecule has 1 fully saturated rings. The zero-order chi connectivity index (χ0) is 14.5. The molecule has 0 aromatic heterocycles. The molecule has 2 amide bonds. The standard InChI is InChI=1S/C15H20N2O2S/c1-11(2)17(8-12-6-4-3-5-7-12)15(19)13-9-20-10-14(18)16-13/h3-7,11,13H,8-10H2,1-2H3,(H,16,18). The molecular weight excluding hydrogens is 272 g/mol. The summed E-state index contributed by atoms with van der Waals surface area (Å²) in [4.78, 5) is 25.8. The molecule has 5 heteroatoms. The van der Waals surface area contributed by atoms with Crippen molar-refractivity contribution in [3.8, 4) is 0 Å². The molecule has 108 valence electrons. The lowest BCUT2D eigenvalue weighted by Gasteiger charge is -2.32. The molecule has 4 nitrogen and oxygen atoms in total. The van der Waals surface area contributed by atoms with Gasteiger partial charge in [0.15, 0.2) is 0 Å². The Labute approximate surface area is 123 Å². The highest BCUT2D eigenvalue weighted by atomic mass is 32.2. The summed E-state index contributed by atoms with van der Waals surface area (Å²) in [7, 11) is 0. The van der Waals surface area contributed by atoms with Crippen LogP contribution in [0.5, 0.6) is 0 Å². The third kappa shape index (κ3) is 3.76. The number of hydrogen-bond donors (Lipinski definition) is 1. The lowest BCUT2D eigenvalue weighted by atomic mass is 10.1. The molecule has 1 saturated heterocycles. The van der Waals surface area contributed by atoms with E-state index in [4.69, 9.17) is 0 Å². The Hall–Kier alpha value is -1.49. The monoisotopic (exact) mass is 292 g/mol. The summed E-state index contributed by atoms with van der Waals surface area (Å²) in [5.74, 6) is 1.06. The molecular formula is C15H20N2O2S. The average Bonchev–Trinajstić information content (AvgIpc) is 2.45. The highest BCUT2D eigenvalue weighted by molar-refractivity contribution is 8.00. The van der Waals surface area contributed by atoms with Gasteiger partial charge in [-0.05, 0) is 19.4 Å². The number of benzene rings is 1. The zero-order valence-corrected chi connectivity index (χ0v) is 12.7. The Morgan fingerprint density at radius 3 is 2.70 bits per heavy atom. The molecule has 0 radical (unpaired) electrons. The van der Waals surface area contributed by atoms with Gasteiger partial charge in [-0.3, -0.25) is 9.59 Å². The fraction of sp³-hybridized carbons (Fsp3) is 0.467. The van der Waals surface area contributed by atoms with Crippen LogP contribution >= 0.6 is 11.8 Å². The van der Waals surface area contributed by atoms with Crippen LogP contribution in [0.1, 0.15) is 19.4 Å². The van der Waals surface area contributed by atoms with E-state index < -0.39 is 6.04 Å². The number of hydrogen-bond acceptors (Lipinski definition) is 3. The summed E-state index contributed by atoms with van der Waals surface area (Å²) in [6.45, 7) is 4.58. The first-order valence-corrected chi connectivity index (χ1v) is 7.95. The van der Waals surface area contributed by atoms with Gasteiger partial charge >= 0.3 is 0 Å². The number of carbonyl (C=O) groups is 2. The largest absolute Gasteiger partial charge is 0.343 e. The maximum atomic E-state index is 12.6. The maximum Gasteiger partial charge on any atom is 0.246 e. The van der Waals surface area contributed by atoms with Gasteiger partial charge in [0.05, 0.1) is 5.75 Å². The summed E-state index contributed by atoms with van der Waals surface area (Å²) >= 11 is 1.52. The van der Waals surface area contributed by atoms with Crippen molar-refractivity contribution < 1.29 is 9.59 Å². The molecule has 20 heavy (non-hydrogen) atoms. The Morgan fingerprint density at radius 2 is 2.10 bits per heavy atom. The minimum atomic E-state index is -0.396. The third-order valence-corrected chi connectivity index (χ3v) is 4.29. The molecule has 0 bridgehead atoms. The first kappa shape index (κ1) is 14.9. The minimum absolute atomic E-state index is 0.00408. The van der Waals surface area contributed by atoms with Gasteiger partial charge in [-0.25, -0.2) is 0 Å². The molecule has 0 spiro atoms. The van der Waals surface area contributed by atoms with Crippen molar-refractivity contribution in [1.82, 2.24) is 10.2 Å². The Balaban J connectivity index is 2.08. The van der Waals surface area contributed by atoms with E-state index in [1.54, 1.807) is 0 Å². The summed E-state index contributed by atoms with van der Waals surface area (Å²) < 4.78 is 0. The minimum Gasteiger partial charge on any atom is -0.343 e. The van der Waals surface area contributed by atoms with Gasteiger partial charge in [-0.15, -0.1) is 11.8 Å². The third-order valence-electron chi connectivity index (χ3n) is 3.25. The van der Waals surface area contributed by atoms with Crippen LogP contribution in [0.15, 0.2) is 30.3 Å². The van der Waals surface area contributed by atoms with Crippen molar-refractivity contribution in [2.24, 2.45) is 0 Å². The van der Waals surface area contributed by atoms with E-state index in [0.29, 0.717) is 18.1 Å². The summed E-state index contributed by atoms with van der Waals surface area (Å²) in [6, 6.07) is 9.63. The fourth-order valence-corrected chi connectivity index (χ4v) is 3.02. The molecule has 1 N–H and O–H groups in total. The second-order valence-corrected chi connectivity index (χ2v) is 6.21. The molecule has 1 aromatic carbocycles. The molecule has 1 aliphatic rings. The van der Waals surface area contributed by atoms with E-state index in [2.05, 4.69) is 5.32 Å². The quantitative estimate of drug-likeness (QED) is 0.918. The Bertz CT molecular complexity index is 476. The number of amides is 2. The molecule has 1 unspecified atom stereocenters. The van der Waals surface area contributed by atoms with Gasteiger partial charge in [-0.2, -0.15) is 0 Å². The predicted molar refractivity (Wildman–Crippen MR) is 81.4 cm³/mol. The molecule has 1 atom stereocenters. The fourth-order valence-electron chi connectivity index (χ4n) is 2.18. The van der Waals surface area contributed by atoms with Crippen molar-refractivity contribution >= 4 is 23.6 Å². The van der Waals surface area contributed by atoms with Crippen LogP contribution in [0, 0.1) is 0 Å². The topological polar surface area (TPSA) is 49.4 Å². The first-order chi connectivity index (χ1) is 9.58. The Morgan fingerprint density at radius 1 is 1.40 bits per heavy atom. The number of thioether (sulfide) groups is 1. The van der Waals surface area contributed by atoms with Crippen LogP contribution in [0.2, 0.25) is 0 Å². The van der Waals surface area contributed by atoms with E-state index in [9.17, 15) is 9.59 Å². The molecule has 0 aliphatic carbocycles. The second-order valence-electron chi connectivity index (χ2n) is 5.18. The van der Waals surface area contributed by atoms with Gasteiger partial charge in [-0.1, -0.05) is 30.3 Å². The van der Waals surface area contributed by atoms with Crippen LogP contribution in [-0.4, -0.2) is 40.3 Å². The highest BCUT2D eigenvalue weighted by Gasteiger charge is 2.30. The van der Waals surface area contributed by atoms with Crippen LogP contribution in [0.25, 0.3) is 0 Å². The van der Waals surface area contributed by atoms with E-state index in [-0.39, 0.29) is 17.9 Å². The molecule has 2 rings (SSSR count). The summed E-state index contributed by atoms with van der Waals surface area (Å²) in [5, 5.41) is 2.79. The lowest BCUT2D eigenvalue weighted by Crippen LogP contribution is -2.54.